The maximum Gasteiger partial charge on any atom is 0.155 e. The highest BCUT2D eigenvalue weighted by Crippen LogP contribution is 2.21. The Morgan fingerprint density at radius 3 is 2.95 bits per heavy atom. The Bertz CT molecular complexity index is 573. The van der Waals surface area contributed by atoms with Crippen molar-refractivity contribution >= 4 is 5.65 Å². The van der Waals surface area contributed by atoms with Crippen LogP contribution in [0.4, 0.5) is 0 Å². The summed E-state index contributed by atoms with van der Waals surface area (Å²) in [6, 6.07) is 4.78. The lowest BCUT2D eigenvalue weighted by Crippen LogP contribution is -2.28. The first kappa shape index (κ1) is 12.6. The van der Waals surface area contributed by atoms with Crippen molar-refractivity contribution in [1.82, 2.24) is 19.5 Å². The van der Waals surface area contributed by atoms with Gasteiger partial charge in [0.1, 0.15) is 0 Å². The maximum atomic E-state index is 4.62. The molecule has 0 aromatic carbocycles. The second kappa shape index (κ2) is 4.93. The number of aryl methyl sites for hydroxylation is 1. The van der Waals surface area contributed by atoms with Gasteiger partial charge in [-0.25, -0.2) is 9.50 Å². The van der Waals surface area contributed by atoms with E-state index in [9.17, 15) is 0 Å². The third kappa shape index (κ3) is 2.63. The number of fused-ring (bicyclic) bond motifs is 1. The predicted molar refractivity (Wildman–Crippen MR) is 76.2 cm³/mol. The van der Waals surface area contributed by atoms with Crippen LogP contribution < -0.4 is 0 Å². The van der Waals surface area contributed by atoms with Gasteiger partial charge in [-0.2, -0.15) is 5.10 Å². The first-order chi connectivity index (χ1) is 9.11. The standard InChI is InChI=1S/C15H22N4/c1-11(2)18-7-6-13(10-18)8-14-16-15-5-4-12(3)9-19(15)17-14/h4-5,9,11,13H,6-8,10H2,1-3H3. The van der Waals surface area contributed by atoms with Crippen LogP contribution in [-0.2, 0) is 6.42 Å². The number of hydrogen-bond donors (Lipinski definition) is 0. The molecule has 19 heavy (non-hydrogen) atoms. The van der Waals surface area contributed by atoms with Gasteiger partial charge in [0.2, 0.25) is 0 Å². The average Bonchev–Trinajstić information content (AvgIpc) is 2.95. The molecule has 3 rings (SSSR count). The summed E-state index contributed by atoms with van der Waals surface area (Å²) in [5, 5.41) is 4.59. The van der Waals surface area contributed by atoms with Gasteiger partial charge >= 0.3 is 0 Å². The van der Waals surface area contributed by atoms with E-state index < -0.39 is 0 Å². The quantitative estimate of drug-likeness (QED) is 0.847. The minimum Gasteiger partial charge on any atom is -0.301 e. The molecule has 0 spiro atoms. The molecule has 1 atom stereocenters. The topological polar surface area (TPSA) is 33.4 Å². The van der Waals surface area contributed by atoms with E-state index >= 15 is 0 Å². The number of rotatable bonds is 3. The van der Waals surface area contributed by atoms with Gasteiger partial charge in [-0.3, -0.25) is 0 Å². The van der Waals surface area contributed by atoms with Gasteiger partial charge in [0, 0.05) is 25.2 Å². The molecule has 3 heterocycles. The number of likely N-dealkylation sites (tertiary alicyclic amines) is 1. The Morgan fingerprint density at radius 2 is 2.21 bits per heavy atom. The van der Waals surface area contributed by atoms with Gasteiger partial charge in [-0.15, -0.1) is 0 Å². The molecule has 0 radical (unpaired) electrons. The summed E-state index contributed by atoms with van der Waals surface area (Å²) < 4.78 is 1.90. The van der Waals surface area contributed by atoms with Crippen molar-refractivity contribution in [3.05, 3.63) is 29.7 Å². The van der Waals surface area contributed by atoms with Crippen LogP contribution in [0.1, 0.15) is 31.7 Å². The first-order valence-corrected chi connectivity index (χ1v) is 7.18. The molecular weight excluding hydrogens is 236 g/mol. The second-order valence-electron chi connectivity index (χ2n) is 5.98. The molecule has 2 aromatic heterocycles. The lowest BCUT2D eigenvalue weighted by atomic mass is 10.1. The minimum absolute atomic E-state index is 0.654. The molecule has 2 aromatic rings. The fourth-order valence-electron chi connectivity index (χ4n) is 2.87. The average molecular weight is 258 g/mol. The van der Waals surface area contributed by atoms with Crippen molar-refractivity contribution in [1.29, 1.82) is 0 Å². The molecule has 0 bridgehead atoms. The van der Waals surface area contributed by atoms with Gasteiger partial charge in [0.05, 0.1) is 0 Å². The summed E-state index contributed by atoms with van der Waals surface area (Å²) in [5.41, 5.74) is 2.18. The Labute approximate surface area is 114 Å². The molecule has 1 unspecified atom stereocenters. The van der Waals surface area contributed by atoms with Crippen LogP contribution in [0, 0.1) is 12.8 Å². The number of aromatic nitrogens is 3. The SMILES string of the molecule is Cc1ccc2nc(CC3CCN(C(C)C)C3)nn2c1. The van der Waals surface area contributed by atoms with Gasteiger partial charge in [0.25, 0.3) is 0 Å². The smallest absolute Gasteiger partial charge is 0.155 e. The summed E-state index contributed by atoms with van der Waals surface area (Å²) in [6.45, 7) is 9.03. The monoisotopic (exact) mass is 258 g/mol. The lowest BCUT2D eigenvalue weighted by molar-refractivity contribution is 0.264. The number of nitrogens with zero attached hydrogens (tertiary/aromatic N) is 4. The van der Waals surface area contributed by atoms with Crippen LogP contribution in [0.5, 0.6) is 0 Å². The highest BCUT2D eigenvalue weighted by molar-refractivity contribution is 5.38. The lowest BCUT2D eigenvalue weighted by Gasteiger charge is -2.19. The molecule has 4 heteroatoms. The summed E-state index contributed by atoms with van der Waals surface area (Å²) in [7, 11) is 0. The van der Waals surface area contributed by atoms with Gasteiger partial charge in [-0.05, 0) is 51.3 Å². The Hall–Kier alpha value is -1.42. The largest absolute Gasteiger partial charge is 0.301 e. The van der Waals surface area contributed by atoms with Crippen molar-refractivity contribution in [3.8, 4) is 0 Å². The van der Waals surface area contributed by atoms with Crippen LogP contribution >= 0.6 is 0 Å². The molecule has 1 saturated heterocycles. The van der Waals surface area contributed by atoms with Crippen LogP contribution in [0.3, 0.4) is 0 Å². The highest BCUT2D eigenvalue weighted by atomic mass is 15.3. The molecular formula is C15H22N4. The van der Waals surface area contributed by atoms with E-state index in [2.05, 4.69) is 41.8 Å². The Kier molecular flexibility index (Phi) is 3.27. The van der Waals surface area contributed by atoms with Crippen molar-refractivity contribution in [2.75, 3.05) is 13.1 Å². The zero-order valence-electron chi connectivity index (χ0n) is 12.0. The Morgan fingerprint density at radius 1 is 1.37 bits per heavy atom. The molecule has 102 valence electrons. The molecule has 0 N–H and O–H groups in total. The van der Waals surface area contributed by atoms with Crippen molar-refractivity contribution in [2.24, 2.45) is 5.92 Å². The van der Waals surface area contributed by atoms with E-state index in [0.717, 1.165) is 17.9 Å². The zero-order valence-corrected chi connectivity index (χ0v) is 12.0. The van der Waals surface area contributed by atoms with Crippen LogP contribution in [-0.4, -0.2) is 38.6 Å². The van der Waals surface area contributed by atoms with Gasteiger partial charge < -0.3 is 4.90 Å². The molecule has 1 aliphatic heterocycles. The van der Waals surface area contributed by atoms with E-state index in [1.165, 1.54) is 25.1 Å². The Balaban J connectivity index is 1.72. The number of hydrogen-bond acceptors (Lipinski definition) is 3. The molecule has 0 amide bonds. The van der Waals surface area contributed by atoms with Crippen LogP contribution in [0.25, 0.3) is 5.65 Å². The van der Waals surface area contributed by atoms with Crippen LogP contribution in [0.2, 0.25) is 0 Å². The molecule has 1 aliphatic rings. The van der Waals surface area contributed by atoms with Crippen molar-refractivity contribution in [3.63, 3.8) is 0 Å². The first-order valence-electron chi connectivity index (χ1n) is 7.18. The highest BCUT2D eigenvalue weighted by Gasteiger charge is 2.25. The predicted octanol–water partition coefficient (Wildman–Crippen LogP) is 2.31. The van der Waals surface area contributed by atoms with Crippen LogP contribution in [0.15, 0.2) is 18.3 Å². The molecule has 0 aliphatic carbocycles. The van der Waals surface area contributed by atoms with Crippen molar-refractivity contribution < 1.29 is 0 Å². The third-order valence-electron chi connectivity index (χ3n) is 4.04. The van der Waals surface area contributed by atoms with E-state index in [1.807, 2.05) is 16.8 Å². The summed E-state index contributed by atoms with van der Waals surface area (Å²) >= 11 is 0. The van der Waals surface area contributed by atoms with Crippen molar-refractivity contribution in [2.45, 2.75) is 39.7 Å². The maximum absolute atomic E-state index is 4.62. The molecule has 4 nitrogen and oxygen atoms in total. The summed E-state index contributed by atoms with van der Waals surface area (Å²) in [5.74, 6) is 1.70. The zero-order chi connectivity index (χ0) is 13.4. The number of pyridine rings is 1. The third-order valence-corrected chi connectivity index (χ3v) is 4.04. The summed E-state index contributed by atoms with van der Waals surface area (Å²) in [4.78, 5) is 7.17. The van der Waals surface area contributed by atoms with Gasteiger partial charge in [-0.1, -0.05) is 6.07 Å². The molecule has 1 fully saturated rings. The minimum atomic E-state index is 0.654. The second-order valence-corrected chi connectivity index (χ2v) is 5.98. The normalized spacial score (nSPS) is 20.7. The van der Waals surface area contributed by atoms with Gasteiger partial charge in [0.15, 0.2) is 11.5 Å². The fourth-order valence-corrected chi connectivity index (χ4v) is 2.87. The fraction of sp³-hybridized carbons (Fsp3) is 0.600. The summed E-state index contributed by atoms with van der Waals surface area (Å²) in [6.07, 6.45) is 4.32. The van der Waals surface area contributed by atoms with E-state index in [4.69, 9.17) is 0 Å². The van der Waals surface area contributed by atoms with E-state index in [1.54, 1.807) is 0 Å². The van der Waals surface area contributed by atoms with E-state index in [0.29, 0.717) is 12.0 Å². The van der Waals surface area contributed by atoms with E-state index in [-0.39, 0.29) is 0 Å². The molecule has 0 saturated carbocycles.